The third-order valence-electron chi connectivity index (χ3n) is 2.35. The summed E-state index contributed by atoms with van der Waals surface area (Å²) in [6, 6.07) is 3.53. The number of primary amides is 1. The number of nitrogens with one attached hydrogen (secondary N) is 1. The standard InChI is InChI=1S/C13H22N4O2/c1-9(2)8-19-13-10(14)5-6-12(17-13)16-7-3-4-11(15)18/h5-6,9H,3-4,7-8,14H2,1-2H3,(H2,15,18)(H,16,17). The minimum atomic E-state index is -0.298. The Hall–Kier alpha value is -1.98. The van der Waals surface area contributed by atoms with Gasteiger partial charge in [-0.1, -0.05) is 13.8 Å². The fourth-order valence-corrected chi connectivity index (χ4v) is 1.39. The van der Waals surface area contributed by atoms with E-state index in [0.29, 0.717) is 49.3 Å². The highest BCUT2D eigenvalue weighted by Gasteiger charge is 2.05. The summed E-state index contributed by atoms with van der Waals surface area (Å²) in [6.07, 6.45) is 1.03. The Balaban J connectivity index is 2.50. The second-order valence-electron chi connectivity index (χ2n) is 4.79. The predicted molar refractivity (Wildman–Crippen MR) is 75.9 cm³/mol. The molecule has 0 aliphatic carbocycles. The Bertz CT molecular complexity index is 421. The number of carbonyl (C=O) groups is 1. The maximum atomic E-state index is 10.6. The van der Waals surface area contributed by atoms with E-state index in [1.54, 1.807) is 12.1 Å². The number of ether oxygens (including phenoxy) is 1. The Morgan fingerprint density at radius 2 is 2.21 bits per heavy atom. The minimum absolute atomic E-state index is 0.298. The normalized spacial score (nSPS) is 10.5. The molecule has 0 aromatic carbocycles. The van der Waals surface area contributed by atoms with Crippen molar-refractivity contribution in [3.8, 4) is 5.88 Å². The number of anilines is 2. The molecule has 1 rings (SSSR count). The Labute approximate surface area is 113 Å². The van der Waals surface area contributed by atoms with Crippen LogP contribution in [0.1, 0.15) is 26.7 Å². The van der Waals surface area contributed by atoms with Crippen molar-refractivity contribution in [2.45, 2.75) is 26.7 Å². The number of hydrogen-bond donors (Lipinski definition) is 3. The van der Waals surface area contributed by atoms with E-state index >= 15 is 0 Å². The molecule has 0 aliphatic rings. The second kappa shape index (κ2) is 7.45. The van der Waals surface area contributed by atoms with Gasteiger partial charge in [-0.3, -0.25) is 4.79 Å². The first-order valence-electron chi connectivity index (χ1n) is 6.40. The lowest BCUT2D eigenvalue weighted by molar-refractivity contribution is -0.118. The van der Waals surface area contributed by atoms with Gasteiger partial charge in [0.2, 0.25) is 11.8 Å². The van der Waals surface area contributed by atoms with Crippen molar-refractivity contribution in [1.82, 2.24) is 4.98 Å². The van der Waals surface area contributed by atoms with E-state index in [2.05, 4.69) is 24.1 Å². The molecule has 0 bridgehead atoms. The minimum Gasteiger partial charge on any atom is -0.476 e. The molecular weight excluding hydrogens is 244 g/mol. The van der Waals surface area contributed by atoms with Crippen molar-refractivity contribution in [2.24, 2.45) is 11.7 Å². The van der Waals surface area contributed by atoms with Crippen LogP contribution in [0.4, 0.5) is 11.5 Å². The summed E-state index contributed by atoms with van der Waals surface area (Å²) in [5.74, 6) is 1.23. The van der Waals surface area contributed by atoms with Crippen molar-refractivity contribution in [1.29, 1.82) is 0 Å². The largest absolute Gasteiger partial charge is 0.476 e. The van der Waals surface area contributed by atoms with E-state index in [-0.39, 0.29) is 5.91 Å². The Morgan fingerprint density at radius 3 is 2.84 bits per heavy atom. The third-order valence-corrected chi connectivity index (χ3v) is 2.35. The van der Waals surface area contributed by atoms with Gasteiger partial charge < -0.3 is 21.5 Å². The van der Waals surface area contributed by atoms with Gasteiger partial charge in [0.1, 0.15) is 5.82 Å². The van der Waals surface area contributed by atoms with E-state index in [4.69, 9.17) is 16.2 Å². The predicted octanol–water partition coefficient (Wildman–Crippen LogP) is 1.38. The zero-order valence-corrected chi connectivity index (χ0v) is 11.5. The lowest BCUT2D eigenvalue weighted by atomic mass is 10.2. The van der Waals surface area contributed by atoms with Crippen LogP contribution in [-0.2, 0) is 4.79 Å². The van der Waals surface area contributed by atoms with Crippen LogP contribution in [0.25, 0.3) is 0 Å². The van der Waals surface area contributed by atoms with E-state index < -0.39 is 0 Å². The number of amides is 1. The van der Waals surface area contributed by atoms with Gasteiger partial charge in [-0.05, 0) is 24.5 Å². The zero-order valence-electron chi connectivity index (χ0n) is 11.5. The number of nitrogen functional groups attached to an aromatic ring is 1. The summed E-state index contributed by atoms with van der Waals surface area (Å²) in [6.45, 7) is 5.32. The molecular formula is C13H22N4O2. The van der Waals surface area contributed by atoms with Crippen LogP contribution in [0.5, 0.6) is 5.88 Å². The van der Waals surface area contributed by atoms with Crippen LogP contribution in [0.15, 0.2) is 12.1 Å². The van der Waals surface area contributed by atoms with Gasteiger partial charge in [0.15, 0.2) is 0 Å². The number of carbonyl (C=O) groups excluding carboxylic acids is 1. The second-order valence-corrected chi connectivity index (χ2v) is 4.79. The molecule has 0 aliphatic heterocycles. The monoisotopic (exact) mass is 266 g/mol. The molecule has 0 unspecified atom stereocenters. The number of nitrogens with two attached hydrogens (primary N) is 2. The fourth-order valence-electron chi connectivity index (χ4n) is 1.39. The van der Waals surface area contributed by atoms with Gasteiger partial charge >= 0.3 is 0 Å². The van der Waals surface area contributed by atoms with Crippen LogP contribution in [0, 0.1) is 5.92 Å². The molecule has 0 saturated heterocycles. The van der Waals surface area contributed by atoms with E-state index in [1.165, 1.54) is 0 Å². The molecule has 1 heterocycles. The van der Waals surface area contributed by atoms with E-state index in [0.717, 1.165) is 0 Å². The van der Waals surface area contributed by atoms with Gasteiger partial charge in [0.25, 0.3) is 0 Å². The summed E-state index contributed by atoms with van der Waals surface area (Å²) in [5.41, 5.74) is 11.4. The van der Waals surface area contributed by atoms with Crippen LogP contribution in [0.2, 0.25) is 0 Å². The summed E-state index contributed by atoms with van der Waals surface area (Å²) in [7, 11) is 0. The number of hydrogen-bond acceptors (Lipinski definition) is 5. The van der Waals surface area contributed by atoms with Gasteiger partial charge in [-0.15, -0.1) is 0 Å². The average Bonchev–Trinajstić information content (AvgIpc) is 2.34. The van der Waals surface area contributed by atoms with Gasteiger partial charge in [0, 0.05) is 13.0 Å². The average molecular weight is 266 g/mol. The Morgan fingerprint density at radius 1 is 1.47 bits per heavy atom. The van der Waals surface area contributed by atoms with Crippen LogP contribution in [-0.4, -0.2) is 24.0 Å². The fraction of sp³-hybridized carbons (Fsp3) is 0.538. The maximum absolute atomic E-state index is 10.6. The van der Waals surface area contributed by atoms with Crippen molar-refractivity contribution < 1.29 is 9.53 Å². The first kappa shape index (κ1) is 15.1. The lowest BCUT2D eigenvalue weighted by Gasteiger charge is -2.12. The zero-order chi connectivity index (χ0) is 14.3. The molecule has 19 heavy (non-hydrogen) atoms. The highest BCUT2D eigenvalue weighted by atomic mass is 16.5. The van der Waals surface area contributed by atoms with E-state index in [1.807, 2.05) is 0 Å². The summed E-state index contributed by atoms with van der Waals surface area (Å²) in [4.78, 5) is 14.9. The third kappa shape index (κ3) is 5.94. The van der Waals surface area contributed by atoms with Gasteiger partial charge in [-0.2, -0.15) is 4.98 Å². The molecule has 106 valence electrons. The molecule has 6 heteroatoms. The Kier molecular flexibility index (Phi) is 5.92. The van der Waals surface area contributed by atoms with Crippen LogP contribution in [0.3, 0.4) is 0 Å². The SMILES string of the molecule is CC(C)COc1nc(NCCCC(N)=O)ccc1N. The molecule has 6 nitrogen and oxygen atoms in total. The van der Waals surface area contributed by atoms with Gasteiger partial charge in [-0.25, -0.2) is 0 Å². The van der Waals surface area contributed by atoms with E-state index in [9.17, 15) is 4.79 Å². The first-order valence-corrected chi connectivity index (χ1v) is 6.40. The number of nitrogens with zero attached hydrogens (tertiary/aromatic N) is 1. The van der Waals surface area contributed by atoms with Crippen molar-refractivity contribution >= 4 is 17.4 Å². The van der Waals surface area contributed by atoms with Crippen LogP contribution < -0.4 is 21.5 Å². The maximum Gasteiger partial charge on any atom is 0.239 e. The summed E-state index contributed by atoms with van der Waals surface area (Å²) >= 11 is 0. The first-order chi connectivity index (χ1) is 8.99. The molecule has 0 saturated carbocycles. The number of rotatable bonds is 8. The topological polar surface area (TPSA) is 103 Å². The molecule has 5 N–H and O–H groups in total. The van der Waals surface area contributed by atoms with Crippen LogP contribution >= 0.6 is 0 Å². The van der Waals surface area contributed by atoms with Gasteiger partial charge in [0.05, 0.1) is 12.3 Å². The molecule has 1 amide bonds. The van der Waals surface area contributed by atoms with Crippen molar-refractivity contribution in [2.75, 3.05) is 24.2 Å². The molecule has 0 atom stereocenters. The lowest BCUT2D eigenvalue weighted by Crippen LogP contribution is -2.13. The van der Waals surface area contributed by atoms with Crippen molar-refractivity contribution in [3.05, 3.63) is 12.1 Å². The highest BCUT2D eigenvalue weighted by molar-refractivity contribution is 5.73. The molecule has 1 aromatic heterocycles. The van der Waals surface area contributed by atoms with Crippen molar-refractivity contribution in [3.63, 3.8) is 0 Å². The molecule has 0 radical (unpaired) electrons. The summed E-state index contributed by atoms with van der Waals surface area (Å²) in [5, 5.41) is 3.10. The highest BCUT2D eigenvalue weighted by Crippen LogP contribution is 2.21. The number of aromatic nitrogens is 1. The quantitative estimate of drug-likeness (QED) is 0.617. The molecule has 0 fully saturated rings. The molecule has 0 spiro atoms. The molecule has 1 aromatic rings. The number of pyridine rings is 1. The summed E-state index contributed by atoms with van der Waals surface area (Å²) < 4.78 is 5.53. The smallest absolute Gasteiger partial charge is 0.239 e.